The van der Waals surface area contributed by atoms with Crippen LogP contribution >= 0.6 is 0 Å². The Labute approximate surface area is 94.5 Å². The summed E-state index contributed by atoms with van der Waals surface area (Å²) in [4.78, 5) is 7.50. The first-order valence-electron chi connectivity index (χ1n) is 4.86. The summed E-state index contributed by atoms with van der Waals surface area (Å²) < 4.78 is 42.9. The minimum Gasteiger partial charge on any atom is -0.339 e. The molecule has 2 rings (SSSR count). The van der Waals surface area contributed by atoms with Gasteiger partial charge >= 0.3 is 6.18 Å². The van der Waals surface area contributed by atoms with Gasteiger partial charge in [0.25, 0.3) is 0 Å². The Morgan fingerprint density at radius 3 is 2.71 bits per heavy atom. The van der Waals surface area contributed by atoms with Gasteiger partial charge in [-0.15, -0.1) is 0 Å². The van der Waals surface area contributed by atoms with Crippen molar-refractivity contribution < 1.29 is 17.7 Å². The van der Waals surface area contributed by atoms with Crippen molar-refractivity contribution in [3.05, 3.63) is 29.9 Å². The number of aryl methyl sites for hydroxylation is 1. The summed E-state index contributed by atoms with van der Waals surface area (Å²) in [5.74, 6) is 0.194. The molecule has 7 heteroatoms. The minimum atomic E-state index is -4.47. The number of pyridine rings is 1. The fourth-order valence-electron chi connectivity index (χ4n) is 1.33. The molecule has 17 heavy (non-hydrogen) atoms. The molecule has 0 amide bonds. The largest absolute Gasteiger partial charge is 0.417 e. The third-order valence-corrected chi connectivity index (χ3v) is 2.14. The molecule has 0 N–H and O–H groups in total. The summed E-state index contributed by atoms with van der Waals surface area (Å²) in [7, 11) is 0. The van der Waals surface area contributed by atoms with E-state index in [1.807, 2.05) is 0 Å². The van der Waals surface area contributed by atoms with Crippen LogP contribution in [-0.4, -0.2) is 15.1 Å². The van der Waals surface area contributed by atoms with E-state index in [0.717, 1.165) is 18.5 Å². The molecule has 0 unspecified atom stereocenters. The summed E-state index contributed by atoms with van der Waals surface area (Å²) in [6.07, 6.45) is -1.85. The lowest BCUT2D eigenvalue weighted by Crippen LogP contribution is -2.07. The number of rotatable bonds is 2. The van der Waals surface area contributed by atoms with Crippen molar-refractivity contribution in [2.24, 2.45) is 0 Å². The fraction of sp³-hybridized carbons (Fsp3) is 0.300. The summed E-state index contributed by atoms with van der Waals surface area (Å²) in [6.45, 7) is 1.77. The van der Waals surface area contributed by atoms with Gasteiger partial charge in [-0.1, -0.05) is 12.1 Å². The Balaban J connectivity index is 2.52. The highest BCUT2D eigenvalue weighted by atomic mass is 19.4. The van der Waals surface area contributed by atoms with Gasteiger partial charge in [0.05, 0.1) is 11.1 Å². The number of halogens is 3. The third-order valence-electron chi connectivity index (χ3n) is 2.14. The molecule has 0 aromatic carbocycles. The van der Waals surface area contributed by atoms with E-state index in [1.165, 1.54) is 0 Å². The fourth-order valence-corrected chi connectivity index (χ4v) is 1.33. The smallest absolute Gasteiger partial charge is 0.339 e. The maximum atomic E-state index is 12.7. The van der Waals surface area contributed by atoms with Crippen molar-refractivity contribution in [1.82, 2.24) is 15.1 Å². The Kier molecular flexibility index (Phi) is 2.83. The number of aromatic nitrogens is 3. The second-order valence-electron chi connectivity index (χ2n) is 3.28. The molecule has 0 aliphatic rings. The van der Waals surface area contributed by atoms with Crippen LogP contribution in [0.4, 0.5) is 13.2 Å². The molecule has 0 aliphatic heterocycles. The van der Waals surface area contributed by atoms with E-state index >= 15 is 0 Å². The van der Waals surface area contributed by atoms with Crippen LogP contribution in [0.5, 0.6) is 0 Å². The molecule has 90 valence electrons. The van der Waals surface area contributed by atoms with E-state index in [4.69, 9.17) is 4.52 Å². The third kappa shape index (κ3) is 2.27. The van der Waals surface area contributed by atoms with Crippen molar-refractivity contribution in [3.63, 3.8) is 0 Å². The van der Waals surface area contributed by atoms with E-state index in [2.05, 4.69) is 15.1 Å². The van der Waals surface area contributed by atoms with Crippen molar-refractivity contribution in [1.29, 1.82) is 0 Å². The zero-order chi connectivity index (χ0) is 12.5. The first-order chi connectivity index (χ1) is 8.02. The second-order valence-corrected chi connectivity index (χ2v) is 3.28. The highest BCUT2D eigenvalue weighted by Crippen LogP contribution is 2.35. The molecule has 2 aromatic heterocycles. The van der Waals surface area contributed by atoms with E-state index in [-0.39, 0.29) is 17.3 Å². The van der Waals surface area contributed by atoms with Crippen LogP contribution in [0.3, 0.4) is 0 Å². The SMILES string of the molecule is CCc1nc(-c2cnccc2C(F)(F)F)no1. The van der Waals surface area contributed by atoms with Crippen LogP contribution in [0.2, 0.25) is 0 Å². The van der Waals surface area contributed by atoms with Crippen LogP contribution in [0, 0.1) is 0 Å². The Bertz CT molecular complexity index is 522. The lowest BCUT2D eigenvalue weighted by atomic mass is 10.1. The van der Waals surface area contributed by atoms with E-state index in [0.29, 0.717) is 6.42 Å². The van der Waals surface area contributed by atoms with Gasteiger partial charge in [-0.05, 0) is 6.07 Å². The molecular formula is C10H8F3N3O. The van der Waals surface area contributed by atoms with Crippen molar-refractivity contribution in [2.75, 3.05) is 0 Å². The lowest BCUT2D eigenvalue weighted by Gasteiger charge is -2.08. The predicted molar refractivity (Wildman–Crippen MR) is 51.9 cm³/mol. The van der Waals surface area contributed by atoms with Crippen molar-refractivity contribution in [2.45, 2.75) is 19.5 Å². The maximum Gasteiger partial charge on any atom is 0.417 e. The zero-order valence-electron chi connectivity index (χ0n) is 8.82. The number of hydrogen-bond donors (Lipinski definition) is 0. The van der Waals surface area contributed by atoms with Gasteiger partial charge in [0.15, 0.2) is 0 Å². The Morgan fingerprint density at radius 2 is 2.12 bits per heavy atom. The lowest BCUT2D eigenvalue weighted by molar-refractivity contribution is -0.137. The summed E-state index contributed by atoms with van der Waals surface area (Å²) in [5, 5.41) is 3.51. The quantitative estimate of drug-likeness (QED) is 0.813. The van der Waals surface area contributed by atoms with Gasteiger partial charge in [0.1, 0.15) is 0 Å². The van der Waals surface area contributed by atoms with Gasteiger partial charge in [0.2, 0.25) is 11.7 Å². The van der Waals surface area contributed by atoms with Gasteiger partial charge in [0, 0.05) is 18.8 Å². The topological polar surface area (TPSA) is 51.8 Å². The highest BCUT2D eigenvalue weighted by molar-refractivity contribution is 5.59. The van der Waals surface area contributed by atoms with Gasteiger partial charge in [-0.2, -0.15) is 18.2 Å². The maximum absolute atomic E-state index is 12.7. The molecule has 0 spiro atoms. The monoisotopic (exact) mass is 243 g/mol. The molecule has 0 saturated carbocycles. The second kappa shape index (κ2) is 4.15. The van der Waals surface area contributed by atoms with E-state index in [1.54, 1.807) is 6.92 Å². The van der Waals surface area contributed by atoms with Crippen LogP contribution in [0.15, 0.2) is 23.0 Å². The zero-order valence-corrected chi connectivity index (χ0v) is 8.82. The molecule has 0 atom stereocenters. The molecule has 0 aliphatic carbocycles. The van der Waals surface area contributed by atoms with Gasteiger partial charge in [-0.3, -0.25) is 4.98 Å². The standard InChI is InChI=1S/C10H8F3N3O/c1-2-8-15-9(16-17-8)6-5-14-4-3-7(6)10(11,12)13/h3-5H,2H2,1H3. The van der Waals surface area contributed by atoms with Crippen molar-refractivity contribution >= 4 is 0 Å². The molecular weight excluding hydrogens is 235 g/mol. The number of alkyl halides is 3. The highest BCUT2D eigenvalue weighted by Gasteiger charge is 2.34. The molecule has 0 radical (unpaired) electrons. The normalized spacial score (nSPS) is 11.8. The van der Waals surface area contributed by atoms with Crippen LogP contribution in [0.1, 0.15) is 18.4 Å². The Morgan fingerprint density at radius 1 is 1.35 bits per heavy atom. The molecule has 0 saturated heterocycles. The first-order valence-corrected chi connectivity index (χ1v) is 4.86. The molecule has 2 aromatic rings. The molecule has 4 nitrogen and oxygen atoms in total. The molecule has 2 heterocycles. The first kappa shape index (κ1) is 11.6. The summed E-state index contributed by atoms with van der Waals surface area (Å²) in [6, 6.07) is 0.886. The summed E-state index contributed by atoms with van der Waals surface area (Å²) in [5.41, 5.74) is -1.00. The average Bonchev–Trinajstić information content (AvgIpc) is 2.76. The van der Waals surface area contributed by atoms with Gasteiger partial charge in [-0.25, -0.2) is 0 Å². The van der Waals surface area contributed by atoms with Crippen LogP contribution in [-0.2, 0) is 12.6 Å². The number of hydrogen-bond acceptors (Lipinski definition) is 4. The minimum absolute atomic E-state index is 0.0951. The van der Waals surface area contributed by atoms with Crippen molar-refractivity contribution in [3.8, 4) is 11.4 Å². The van der Waals surface area contributed by atoms with Crippen LogP contribution in [0.25, 0.3) is 11.4 Å². The predicted octanol–water partition coefficient (Wildman–Crippen LogP) is 2.71. The van der Waals surface area contributed by atoms with E-state index in [9.17, 15) is 13.2 Å². The van der Waals surface area contributed by atoms with E-state index < -0.39 is 11.7 Å². The van der Waals surface area contributed by atoms with Gasteiger partial charge < -0.3 is 4.52 Å². The average molecular weight is 243 g/mol. The molecule has 0 fully saturated rings. The summed E-state index contributed by atoms with van der Waals surface area (Å²) >= 11 is 0. The number of nitrogens with zero attached hydrogens (tertiary/aromatic N) is 3. The molecule has 0 bridgehead atoms. The van der Waals surface area contributed by atoms with Crippen LogP contribution < -0.4 is 0 Å². The Hall–Kier alpha value is -1.92.